The maximum atomic E-state index is 11.7. The van der Waals surface area contributed by atoms with E-state index in [1.807, 2.05) is 0 Å². The van der Waals surface area contributed by atoms with Gasteiger partial charge in [0.25, 0.3) is 11.8 Å². The first-order valence-corrected chi connectivity index (χ1v) is 6.04. The van der Waals surface area contributed by atoms with Crippen molar-refractivity contribution in [2.75, 3.05) is 11.9 Å². The molecule has 1 heterocycles. The molecule has 20 heavy (non-hydrogen) atoms. The minimum Gasteiger partial charge on any atom is -0.459 e. The lowest BCUT2D eigenvalue weighted by Gasteiger charge is -2.05. The van der Waals surface area contributed by atoms with Crippen LogP contribution >= 0.6 is 0 Å². The zero-order chi connectivity index (χ0) is 14.4. The molecule has 0 saturated heterocycles. The normalized spacial score (nSPS) is 9.80. The molecule has 0 aliphatic heterocycles. The molecule has 2 amide bonds. The Bertz CT molecular complexity index is 601. The highest BCUT2D eigenvalue weighted by atomic mass is 16.3. The maximum Gasteiger partial charge on any atom is 0.291 e. The number of rotatable bonds is 5. The molecule has 0 atom stereocenters. The molecular weight excluding hydrogens is 256 g/mol. The van der Waals surface area contributed by atoms with Gasteiger partial charge in [-0.25, -0.2) is 0 Å². The largest absolute Gasteiger partial charge is 0.459 e. The summed E-state index contributed by atoms with van der Waals surface area (Å²) in [4.78, 5) is 23.4. The lowest BCUT2D eigenvalue weighted by molar-refractivity contribution is 0.0957. The van der Waals surface area contributed by atoms with Gasteiger partial charge >= 0.3 is 0 Å². The molecule has 0 aliphatic carbocycles. The second-order valence-electron chi connectivity index (χ2n) is 4.01. The van der Waals surface area contributed by atoms with Crippen molar-refractivity contribution in [3.05, 3.63) is 66.6 Å². The van der Waals surface area contributed by atoms with Gasteiger partial charge in [0.05, 0.1) is 6.26 Å². The summed E-state index contributed by atoms with van der Waals surface area (Å²) in [5.41, 5.74) is 1.11. The number of hydrogen-bond acceptors (Lipinski definition) is 3. The molecule has 0 fully saturated rings. The second kappa shape index (κ2) is 6.38. The van der Waals surface area contributed by atoms with E-state index in [1.165, 1.54) is 6.26 Å². The predicted molar refractivity (Wildman–Crippen MR) is 75.6 cm³/mol. The van der Waals surface area contributed by atoms with Crippen molar-refractivity contribution < 1.29 is 14.0 Å². The molecule has 0 spiro atoms. The number of carbonyl (C=O) groups is 2. The fourth-order valence-corrected chi connectivity index (χ4v) is 1.57. The van der Waals surface area contributed by atoms with Crippen LogP contribution in [0.2, 0.25) is 0 Å². The Hall–Kier alpha value is -2.82. The van der Waals surface area contributed by atoms with E-state index in [9.17, 15) is 9.59 Å². The Kier molecular flexibility index (Phi) is 4.34. The summed E-state index contributed by atoms with van der Waals surface area (Å²) < 4.78 is 4.99. The van der Waals surface area contributed by atoms with Crippen molar-refractivity contribution in [1.29, 1.82) is 0 Å². The summed E-state index contributed by atoms with van der Waals surface area (Å²) in [6.45, 7) is 3.94. The van der Waals surface area contributed by atoms with Crippen molar-refractivity contribution in [2.45, 2.75) is 0 Å². The minimum absolute atomic E-state index is 0.186. The fourth-order valence-electron chi connectivity index (χ4n) is 1.57. The highest BCUT2D eigenvalue weighted by Crippen LogP contribution is 2.11. The van der Waals surface area contributed by atoms with Gasteiger partial charge in [-0.15, -0.1) is 6.58 Å². The Morgan fingerprint density at radius 3 is 2.50 bits per heavy atom. The smallest absolute Gasteiger partial charge is 0.291 e. The summed E-state index contributed by atoms with van der Waals surface area (Å²) in [6.07, 6.45) is 3.04. The summed E-state index contributed by atoms with van der Waals surface area (Å²) in [5.74, 6) is -0.287. The van der Waals surface area contributed by atoms with E-state index >= 15 is 0 Å². The number of hydrogen-bond donors (Lipinski definition) is 2. The van der Waals surface area contributed by atoms with Crippen molar-refractivity contribution in [3.8, 4) is 0 Å². The number of benzene rings is 1. The zero-order valence-electron chi connectivity index (χ0n) is 10.8. The van der Waals surface area contributed by atoms with E-state index in [-0.39, 0.29) is 17.6 Å². The van der Waals surface area contributed by atoms with Crippen LogP contribution in [-0.4, -0.2) is 18.4 Å². The molecule has 1 aromatic heterocycles. The Morgan fingerprint density at radius 2 is 1.90 bits per heavy atom. The Labute approximate surface area is 116 Å². The maximum absolute atomic E-state index is 11.7. The third kappa shape index (κ3) is 3.35. The van der Waals surface area contributed by atoms with Gasteiger partial charge in [-0.3, -0.25) is 9.59 Å². The molecule has 102 valence electrons. The average Bonchev–Trinajstić information content (AvgIpc) is 3.00. The topological polar surface area (TPSA) is 71.3 Å². The third-order valence-corrected chi connectivity index (χ3v) is 2.56. The Morgan fingerprint density at radius 1 is 1.15 bits per heavy atom. The third-order valence-electron chi connectivity index (χ3n) is 2.56. The number of nitrogens with one attached hydrogen (secondary N) is 2. The second-order valence-corrected chi connectivity index (χ2v) is 4.01. The predicted octanol–water partition coefficient (Wildman–Crippen LogP) is 2.45. The number of amides is 2. The van der Waals surface area contributed by atoms with Crippen LogP contribution in [0.5, 0.6) is 0 Å². The van der Waals surface area contributed by atoms with Crippen LogP contribution < -0.4 is 10.6 Å². The SMILES string of the molecule is C=CCNC(=O)c1ccc(NC(=O)c2ccco2)cc1. The molecule has 0 saturated carbocycles. The molecular formula is C15H14N2O3. The summed E-state index contributed by atoms with van der Waals surface area (Å²) in [7, 11) is 0. The molecule has 0 bridgehead atoms. The average molecular weight is 270 g/mol. The van der Waals surface area contributed by atoms with Crippen LogP contribution in [0.15, 0.2) is 59.7 Å². The van der Waals surface area contributed by atoms with Crippen LogP contribution in [0.25, 0.3) is 0 Å². The van der Waals surface area contributed by atoms with Crippen LogP contribution in [-0.2, 0) is 0 Å². The van der Waals surface area contributed by atoms with Crippen molar-refractivity contribution >= 4 is 17.5 Å². The van der Waals surface area contributed by atoms with Gasteiger partial charge in [0.2, 0.25) is 0 Å². The number of anilines is 1. The first-order valence-electron chi connectivity index (χ1n) is 6.04. The van der Waals surface area contributed by atoms with Crippen LogP contribution in [0.4, 0.5) is 5.69 Å². The molecule has 2 rings (SSSR count). The van der Waals surface area contributed by atoms with Crippen LogP contribution in [0.1, 0.15) is 20.9 Å². The lowest BCUT2D eigenvalue weighted by atomic mass is 10.2. The summed E-state index contributed by atoms with van der Waals surface area (Å²) in [5, 5.41) is 5.34. The van der Waals surface area contributed by atoms with Gasteiger partial charge in [0.15, 0.2) is 5.76 Å². The van der Waals surface area contributed by atoms with Gasteiger partial charge in [-0.05, 0) is 36.4 Å². The van der Waals surface area contributed by atoms with Crippen LogP contribution in [0, 0.1) is 0 Å². The van der Waals surface area contributed by atoms with Gasteiger partial charge in [-0.2, -0.15) is 0 Å². The molecule has 0 radical (unpaired) electrons. The summed E-state index contributed by atoms with van der Waals surface area (Å²) >= 11 is 0. The van der Waals surface area contributed by atoms with E-state index in [0.29, 0.717) is 17.8 Å². The molecule has 0 unspecified atom stereocenters. The van der Waals surface area contributed by atoms with E-state index in [0.717, 1.165) is 0 Å². The number of carbonyl (C=O) groups excluding carboxylic acids is 2. The monoisotopic (exact) mass is 270 g/mol. The zero-order valence-corrected chi connectivity index (χ0v) is 10.8. The van der Waals surface area contributed by atoms with Crippen molar-refractivity contribution in [3.63, 3.8) is 0 Å². The number of furan rings is 1. The summed E-state index contributed by atoms with van der Waals surface area (Å²) in [6, 6.07) is 9.80. The quantitative estimate of drug-likeness (QED) is 0.820. The van der Waals surface area contributed by atoms with E-state index in [1.54, 1.807) is 42.5 Å². The van der Waals surface area contributed by atoms with E-state index < -0.39 is 0 Å². The molecule has 2 aromatic rings. The van der Waals surface area contributed by atoms with Gasteiger partial charge in [0.1, 0.15) is 0 Å². The van der Waals surface area contributed by atoms with Gasteiger partial charge in [-0.1, -0.05) is 6.08 Å². The van der Waals surface area contributed by atoms with E-state index in [2.05, 4.69) is 17.2 Å². The Balaban J connectivity index is 1.99. The van der Waals surface area contributed by atoms with Crippen molar-refractivity contribution in [2.24, 2.45) is 0 Å². The lowest BCUT2D eigenvalue weighted by Crippen LogP contribution is -2.23. The van der Waals surface area contributed by atoms with Crippen LogP contribution in [0.3, 0.4) is 0 Å². The first-order chi connectivity index (χ1) is 9.70. The molecule has 2 N–H and O–H groups in total. The van der Waals surface area contributed by atoms with Crippen molar-refractivity contribution in [1.82, 2.24) is 5.32 Å². The first kappa shape index (κ1) is 13.6. The minimum atomic E-state index is -0.334. The molecule has 5 nitrogen and oxygen atoms in total. The standard InChI is InChI=1S/C15H14N2O3/c1-2-9-16-14(18)11-5-7-12(8-6-11)17-15(19)13-4-3-10-20-13/h2-8,10H,1,9H2,(H,16,18)(H,17,19). The highest BCUT2D eigenvalue weighted by Gasteiger charge is 2.09. The highest BCUT2D eigenvalue weighted by molar-refractivity contribution is 6.02. The molecule has 5 heteroatoms. The van der Waals surface area contributed by atoms with Gasteiger partial charge in [0, 0.05) is 17.8 Å². The fraction of sp³-hybridized carbons (Fsp3) is 0.0667. The van der Waals surface area contributed by atoms with Gasteiger partial charge < -0.3 is 15.1 Å². The molecule has 0 aliphatic rings. The molecule has 1 aromatic carbocycles. The van der Waals surface area contributed by atoms with E-state index in [4.69, 9.17) is 4.42 Å².